The van der Waals surface area contributed by atoms with Gasteiger partial charge < -0.3 is 20.7 Å². The lowest BCUT2D eigenvalue weighted by Crippen LogP contribution is -3.16. The SMILES string of the molecule is COC1CCCCC1C[NH+]1CCC[C@H]1C1NC(C2CC[NH2+]C(N3CCC(C(N)=O)CC3)C2)NO1. The molecule has 5 fully saturated rings. The summed E-state index contributed by atoms with van der Waals surface area (Å²) in [5, 5.41) is 6.36. The predicted molar refractivity (Wildman–Crippen MR) is 128 cm³/mol. The van der Waals surface area contributed by atoms with Gasteiger partial charge in [0.1, 0.15) is 12.2 Å². The van der Waals surface area contributed by atoms with Crippen molar-refractivity contribution in [3.05, 3.63) is 0 Å². The van der Waals surface area contributed by atoms with Crippen molar-refractivity contribution in [1.29, 1.82) is 0 Å². The van der Waals surface area contributed by atoms with Gasteiger partial charge in [-0.1, -0.05) is 12.8 Å². The first-order valence-corrected chi connectivity index (χ1v) is 14.0. The molecule has 9 nitrogen and oxygen atoms in total. The number of methoxy groups -OCH3 is 1. The topological polar surface area (TPSA) is 110 Å². The molecule has 8 atom stereocenters. The summed E-state index contributed by atoms with van der Waals surface area (Å²) in [5.41, 5.74) is 8.93. The normalized spacial score (nSPS) is 42.7. The van der Waals surface area contributed by atoms with Crippen LogP contribution in [0.5, 0.6) is 0 Å². The number of ether oxygens (including phenoxy) is 1. The second kappa shape index (κ2) is 11.5. The Morgan fingerprint density at radius 3 is 2.76 bits per heavy atom. The minimum absolute atomic E-state index is 0.0626. The molecule has 34 heavy (non-hydrogen) atoms. The number of carbonyl (C=O) groups excluding carboxylic acids is 1. The van der Waals surface area contributed by atoms with E-state index in [1.54, 1.807) is 4.90 Å². The fraction of sp³-hybridized carbons (Fsp3) is 0.960. The fourth-order valence-corrected chi connectivity index (χ4v) is 7.58. The molecule has 0 bridgehead atoms. The molecule has 9 heteroatoms. The minimum atomic E-state index is -0.128. The number of rotatable bonds is 7. The molecule has 4 saturated heterocycles. The Labute approximate surface area is 204 Å². The van der Waals surface area contributed by atoms with Gasteiger partial charge in [-0.05, 0) is 25.7 Å². The average molecular weight is 481 g/mol. The van der Waals surface area contributed by atoms with E-state index in [2.05, 4.69) is 21.0 Å². The summed E-state index contributed by atoms with van der Waals surface area (Å²) in [6.45, 7) is 5.59. The number of carbonyl (C=O) groups is 1. The fourth-order valence-electron chi connectivity index (χ4n) is 7.58. The summed E-state index contributed by atoms with van der Waals surface area (Å²) in [7, 11) is 1.89. The molecule has 7 N–H and O–H groups in total. The summed E-state index contributed by atoms with van der Waals surface area (Å²) in [4.78, 5) is 22.0. The van der Waals surface area contributed by atoms with Gasteiger partial charge in [0.05, 0.1) is 31.9 Å². The van der Waals surface area contributed by atoms with E-state index in [-0.39, 0.29) is 24.2 Å². The Bertz CT molecular complexity index is 675. The van der Waals surface area contributed by atoms with Crippen LogP contribution in [0.4, 0.5) is 0 Å². The molecule has 5 aliphatic rings. The number of piperidine rings is 2. The van der Waals surface area contributed by atoms with Crippen LogP contribution in [0, 0.1) is 17.8 Å². The summed E-state index contributed by atoms with van der Waals surface area (Å²) in [5.74, 6) is 1.19. The van der Waals surface area contributed by atoms with Crippen molar-refractivity contribution in [1.82, 2.24) is 15.7 Å². The van der Waals surface area contributed by atoms with Gasteiger partial charge in [0.15, 0.2) is 6.23 Å². The first-order valence-electron chi connectivity index (χ1n) is 14.0. The maximum absolute atomic E-state index is 11.5. The lowest BCUT2D eigenvalue weighted by molar-refractivity contribution is -0.920. The molecule has 0 spiro atoms. The second-order valence-corrected chi connectivity index (χ2v) is 11.6. The quantitative estimate of drug-likeness (QED) is 0.304. The first-order chi connectivity index (χ1) is 16.6. The van der Waals surface area contributed by atoms with Gasteiger partial charge in [-0.2, -0.15) is 5.48 Å². The number of nitrogens with one attached hydrogen (secondary N) is 3. The number of hydroxylamine groups is 1. The zero-order valence-electron chi connectivity index (χ0n) is 21.1. The van der Waals surface area contributed by atoms with Crippen LogP contribution in [-0.2, 0) is 14.4 Å². The molecule has 4 heterocycles. The summed E-state index contributed by atoms with van der Waals surface area (Å²) in [6.07, 6.45) is 13.2. The molecule has 0 aromatic heterocycles. The van der Waals surface area contributed by atoms with E-state index in [4.69, 9.17) is 15.3 Å². The van der Waals surface area contributed by atoms with Gasteiger partial charge >= 0.3 is 0 Å². The number of amides is 1. The van der Waals surface area contributed by atoms with Gasteiger partial charge in [0.25, 0.3) is 0 Å². The Hall–Kier alpha value is -0.810. The average Bonchev–Trinajstić information content (AvgIpc) is 3.54. The molecular formula is C25H48N6O3+2. The van der Waals surface area contributed by atoms with E-state index in [0.29, 0.717) is 30.1 Å². The molecule has 7 unspecified atom stereocenters. The number of likely N-dealkylation sites (tertiary alicyclic amines) is 2. The van der Waals surface area contributed by atoms with Gasteiger partial charge in [0, 0.05) is 63.6 Å². The van der Waals surface area contributed by atoms with Crippen molar-refractivity contribution >= 4 is 5.91 Å². The van der Waals surface area contributed by atoms with Crippen LogP contribution >= 0.6 is 0 Å². The highest BCUT2D eigenvalue weighted by Gasteiger charge is 2.45. The van der Waals surface area contributed by atoms with E-state index >= 15 is 0 Å². The van der Waals surface area contributed by atoms with Gasteiger partial charge in [-0.25, -0.2) is 0 Å². The summed E-state index contributed by atoms with van der Waals surface area (Å²) < 4.78 is 5.85. The van der Waals surface area contributed by atoms with Crippen molar-refractivity contribution in [2.45, 2.75) is 94.9 Å². The minimum Gasteiger partial charge on any atom is -0.381 e. The van der Waals surface area contributed by atoms with Crippen LogP contribution in [0.2, 0.25) is 0 Å². The molecule has 0 aromatic carbocycles. The number of nitrogens with two attached hydrogens (primary N) is 2. The number of quaternary nitrogens is 2. The number of hydrogen-bond donors (Lipinski definition) is 5. The zero-order chi connectivity index (χ0) is 23.5. The van der Waals surface area contributed by atoms with Crippen molar-refractivity contribution in [2.75, 3.05) is 39.8 Å². The van der Waals surface area contributed by atoms with E-state index in [1.165, 1.54) is 58.0 Å². The molecule has 0 aromatic rings. The Balaban J connectivity index is 1.12. The summed E-state index contributed by atoms with van der Waals surface area (Å²) >= 11 is 0. The van der Waals surface area contributed by atoms with E-state index in [1.807, 2.05) is 7.11 Å². The van der Waals surface area contributed by atoms with Crippen LogP contribution in [0.1, 0.15) is 64.2 Å². The van der Waals surface area contributed by atoms with Crippen LogP contribution in [-0.4, -0.2) is 81.3 Å². The summed E-state index contributed by atoms with van der Waals surface area (Å²) in [6, 6.07) is 0.524. The highest BCUT2D eigenvalue weighted by atomic mass is 16.7. The highest BCUT2D eigenvalue weighted by molar-refractivity contribution is 5.76. The van der Waals surface area contributed by atoms with Gasteiger partial charge in [0.2, 0.25) is 5.91 Å². The number of hydrogen-bond acceptors (Lipinski definition) is 6. The molecule has 1 saturated carbocycles. The van der Waals surface area contributed by atoms with E-state index in [0.717, 1.165) is 38.9 Å². The molecule has 1 amide bonds. The maximum atomic E-state index is 11.5. The largest absolute Gasteiger partial charge is 0.381 e. The predicted octanol–water partition coefficient (Wildman–Crippen LogP) is -1.49. The van der Waals surface area contributed by atoms with E-state index < -0.39 is 0 Å². The Morgan fingerprint density at radius 2 is 1.97 bits per heavy atom. The smallest absolute Gasteiger partial charge is 0.220 e. The van der Waals surface area contributed by atoms with Crippen molar-refractivity contribution in [3.8, 4) is 0 Å². The third kappa shape index (κ3) is 5.61. The lowest BCUT2D eigenvalue weighted by atomic mass is 9.86. The van der Waals surface area contributed by atoms with E-state index in [9.17, 15) is 4.79 Å². The van der Waals surface area contributed by atoms with Crippen LogP contribution in [0.25, 0.3) is 0 Å². The lowest BCUT2D eigenvalue weighted by Gasteiger charge is -2.39. The molecule has 1 aliphatic carbocycles. The monoisotopic (exact) mass is 480 g/mol. The number of nitrogens with zero attached hydrogens (tertiary/aromatic N) is 1. The van der Waals surface area contributed by atoms with Gasteiger partial charge in [-0.15, -0.1) is 0 Å². The second-order valence-electron chi connectivity index (χ2n) is 11.6. The van der Waals surface area contributed by atoms with Crippen molar-refractivity contribution in [2.24, 2.45) is 23.5 Å². The molecule has 194 valence electrons. The van der Waals surface area contributed by atoms with Crippen LogP contribution in [0.3, 0.4) is 0 Å². The van der Waals surface area contributed by atoms with Crippen molar-refractivity contribution < 1.29 is 24.6 Å². The van der Waals surface area contributed by atoms with Crippen LogP contribution in [0.15, 0.2) is 0 Å². The zero-order valence-corrected chi connectivity index (χ0v) is 21.1. The first kappa shape index (κ1) is 24.9. The highest BCUT2D eigenvalue weighted by Crippen LogP contribution is 2.27. The third-order valence-electron chi connectivity index (χ3n) is 9.63. The standard InChI is InChI=1S/C25H46N6O3/c1-33-21-7-3-2-5-19(21)16-31-12-4-6-20(31)25-28-24(29-34-25)18-8-11-27-22(15-18)30-13-9-17(10-14-30)23(26)32/h17-22,24-25,27-29H,2-16H2,1H3,(H2,26,32)/p+2/t18?,19?,20-,21?,22?,24?,25?/m0/s1. The number of primary amides is 1. The molecule has 0 radical (unpaired) electrons. The third-order valence-corrected chi connectivity index (χ3v) is 9.63. The molecule has 4 aliphatic heterocycles. The van der Waals surface area contributed by atoms with Crippen LogP contribution < -0.4 is 26.7 Å². The maximum Gasteiger partial charge on any atom is 0.220 e. The Kier molecular flexibility index (Phi) is 8.41. The Morgan fingerprint density at radius 1 is 1.15 bits per heavy atom. The van der Waals surface area contributed by atoms with Crippen molar-refractivity contribution in [3.63, 3.8) is 0 Å². The van der Waals surface area contributed by atoms with Gasteiger partial charge in [-0.3, -0.25) is 19.8 Å². The molecule has 5 rings (SSSR count). The molecular weight excluding hydrogens is 432 g/mol.